The van der Waals surface area contributed by atoms with Gasteiger partial charge in [0.2, 0.25) is 17.7 Å². The molecule has 0 spiro atoms. The van der Waals surface area contributed by atoms with Crippen molar-refractivity contribution < 1.29 is 14.3 Å². The molecule has 0 radical (unpaired) electrons. The number of nitrogens with zero attached hydrogens (tertiary/aromatic N) is 2. The molecule has 11 heteroatoms. The molecule has 0 saturated carbocycles. The van der Waals surface area contributed by atoms with Crippen LogP contribution in [0.15, 0.2) is 60.8 Å². The molecule has 2 fully saturated rings. The molecule has 49 heavy (non-hydrogen) atoms. The molecular formula is C38H40Cl2N6O3. The van der Waals surface area contributed by atoms with Gasteiger partial charge in [0.15, 0.2) is 0 Å². The molecule has 2 aliphatic heterocycles. The number of hydrogen-bond donors (Lipinski definition) is 4. The Bertz CT molecular complexity index is 1880. The van der Waals surface area contributed by atoms with Gasteiger partial charge in [-0.25, -0.2) is 4.98 Å². The highest BCUT2D eigenvalue weighted by Gasteiger charge is 2.26. The van der Waals surface area contributed by atoms with E-state index in [9.17, 15) is 9.59 Å². The molecule has 0 bridgehead atoms. The highest BCUT2D eigenvalue weighted by atomic mass is 35.5. The molecule has 4 aromatic rings. The predicted octanol–water partition coefficient (Wildman–Crippen LogP) is 6.41. The fraction of sp³-hybridized carbons (Fsp3) is 0.368. The van der Waals surface area contributed by atoms with Crippen molar-refractivity contribution in [2.45, 2.75) is 69.6 Å². The van der Waals surface area contributed by atoms with Crippen molar-refractivity contribution in [3.05, 3.63) is 87.5 Å². The van der Waals surface area contributed by atoms with E-state index in [1.54, 1.807) is 13.3 Å². The first-order chi connectivity index (χ1) is 23.9. The molecular weight excluding hydrogens is 659 g/mol. The number of fused-ring (bicyclic) bond motifs is 1. The second-order valence-corrected chi connectivity index (χ2v) is 13.8. The SMILES string of the molecule is COc1nc(-c2cccc(-c3ccnc(-c4ccc5c(c4)CCCC5NCC4CCC(=O)N4)c3Cl)c2Cl)ccc1CNCC1CCC(=O)N1. The third kappa shape index (κ3) is 7.31. The average Bonchev–Trinajstić information content (AvgIpc) is 3.74. The van der Waals surface area contributed by atoms with E-state index in [1.165, 1.54) is 11.1 Å². The standard InChI is InChI=1S/C38H40Cl2N6O3/c1-49-38-24(19-41-20-25-10-14-33(47)44-25)9-13-32(46-38)30-6-3-5-28(35(30)39)29-16-17-42-37(36(29)40)23-8-12-27-22(18-23)4-2-7-31(27)43-21-26-11-15-34(48)45-26/h3,5-6,8-9,12-13,16-18,25-26,31,41,43H,2,4,7,10-11,14-15,19-21H2,1H3,(H,44,47)(H,45,48). The maximum atomic E-state index is 11.6. The Morgan fingerprint density at radius 1 is 0.857 bits per heavy atom. The zero-order chi connectivity index (χ0) is 33.9. The molecule has 3 aliphatic rings. The van der Waals surface area contributed by atoms with Crippen LogP contribution in [0.4, 0.5) is 0 Å². The van der Waals surface area contributed by atoms with E-state index in [1.807, 2.05) is 36.4 Å². The van der Waals surface area contributed by atoms with E-state index in [0.717, 1.165) is 66.5 Å². The molecule has 1 aliphatic carbocycles. The first-order valence-electron chi connectivity index (χ1n) is 17.0. The first-order valence-corrected chi connectivity index (χ1v) is 17.8. The number of rotatable bonds is 11. The van der Waals surface area contributed by atoms with Gasteiger partial charge in [-0.2, -0.15) is 0 Å². The Hall–Kier alpha value is -4.02. The lowest BCUT2D eigenvalue weighted by molar-refractivity contribution is -0.120. The van der Waals surface area contributed by atoms with Gasteiger partial charge in [0.05, 0.1) is 28.5 Å². The minimum Gasteiger partial charge on any atom is -0.481 e. The van der Waals surface area contributed by atoms with Crippen LogP contribution in [0.3, 0.4) is 0 Å². The summed E-state index contributed by atoms with van der Waals surface area (Å²) in [5.74, 6) is 0.762. The zero-order valence-electron chi connectivity index (χ0n) is 27.5. The number of aryl methyl sites for hydroxylation is 1. The number of halogens is 2. The summed E-state index contributed by atoms with van der Waals surface area (Å²) in [5, 5.41) is 14.2. The third-order valence-electron chi connectivity index (χ3n) is 9.80. The molecule has 7 rings (SSSR count). The Morgan fingerprint density at radius 3 is 2.37 bits per heavy atom. The van der Waals surface area contributed by atoms with Crippen molar-refractivity contribution in [3.63, 3.8) is 0 Å². The lowest BCUT2D eigenvalue weighted by Crippen LogP contribution is -2.38. The van der Waals surface area contributed by atoms with Gasteiger partial charge in [-0.3, -0.25) is 14.6 Å². The fourth-order valence-electron chi connectivity index (χ4n) is 7.22. The molecule has 4 heterocycles. The van der Waals surface area contributed by atoms with Crippen LogP contribution in [0.2, 0.25) is 10.0 Å². The molecule has 9 nitrogen and oxygen atoms in total. The highest BCUT2D eigenvalue weighted by Crippen LogP contribution is 2.42. The topological polar surface area (TPSA) is 117 Å². The van der Waals surface area contributed by atoms with Crippen molar-refractivity contribution in [1.82, 2.24) is 31.2 Å². The smallest absolute Gasteiger partial charge is 0.220 e. The van der Waals surface area contributed by atoms with E-state index < -0.39 is 0 Å². The van der Waals surface area contributed by atoms with Crippen LogP contribution in [-0.2, 0) is 22.6 Å². The van der Waals surface area contributed by atoms with E-state index in [-0.39, 0.29) is 29.9 Å². The second-order valence-electron chi connectivity index (χ2n) is 13.1. The largest absolute Gasteiger partial charge is 0.481 e. The zero-order valence-corrected chi connectivity index (χ0v) is 29.0. The van der Waals surface area contributed by atoms with Crippen molar-refractivity contribution in [3.8, 4) is 39.5 Å². The molecule has 2 amide bonds. The summed E-state index contributed by atoms with van der Waals surface area (Å²) in [4.78, 5) is 32.7. The maximum Gasteiger partial charge on any atom is 0.220 e. The number of carbonyl (C=O) groups excluding carboxylic acids is 2. The number of methoxy groups -OCH3 is 1. The maximum absolute atomic E-state index is 11.6. The molecule has 4 N–H and O–H groups in total. The molecule has 3 unspecified atom stereocenters. The molecule has 3 atom stereocenters. The van der Waals surface area contributed by atoms with Gasteiger partial charge in [-0.1, -0.05) is 59.6 Å². The van der Waals surface area contributed by atoms with E-state index in [2.05, 4.69) is 39.5 Å². The molecule has 2 aromatic heterocycles. The number of ether oxygens (including phenoxy) is 1. The van der Waals surface area contributed by atoms with Crippen LogP contribution in [0.25, 0.3) is 33.6 Å². The Balaban J connectivity index is 1.10. The van der Waals surface area contributed by atoms with Crippen molar-refractivity contribution in [1.29, 1.82) is 0 Å². The quantitative estimate of drug-likeness (QED) is 0.143. The second kappa shape index (κ2) is 14.8. The van der Waals surface area contributed by atoms with Gasteiger partial charge in [0, 0.05) is 84.6 Å². The Labute approximate surface area is 296 Å². The summed E-state index contributed by atoms with van der Waals surface area (Å²) < 4.78 is 5.66. The Kier molecular flexibility index (Phi) is 10.1. The van der Waals surface area contributed by atoms with Crippen LogP contribution < -0.4 is 26.0 Å². The van der Waals surface area contributed by atoms with Crippen LogP contribution in [0.5, 0.6) is 5.88 Å². The van der Waals surface area contributed by atoms with Crippen LogP contribution in [0.1, 0.15) is 61.3 Å². The van der Waals surface area contributed by atoms with Gasteiger partial charge in [0.25, 0.3) is 0 Å². The third-order valence-corrected chi connectivity index (χ3v) is 10.6. The summed E-state index contributed by atoms with van der Waals surface area (Å²) >= 11 is 14.2. The number of amides is 2. The summed E-state index contributed by atoms with van der Waals surface area (Å²) in [5.41, 5.74) is 8.23. The van der Waals surface area contributed by atoms with Crippen LogP contribution in [0, 0.1) is 0 Å². The Morgan fingerprint density at radius 2 is 1.61 bits per heavy atom. The van der Waals surface area contributed by atoms with Gasteiger partial charge < -0.3 is 26.0 Å². The lowest BCUT2D eigenvalue weighted by Gasteiger charge is -2.28. The monoisotopic (exact) mass is 698 g/mol. The number of pyridine rings is 2. The minimum atomic E-state index is 0.105. The van der Waals surface area contributed by atoms with E-state index in [4.69, 9.17) is 37.9 Å². The highest BCUT2D eigenvalue weighted by molar-refractivity contribution is 6.39. The molecule has 2 saturated heterocycles. The number of nitrogens with one attached hydrogen (secondary N) is 4. The van der Waals surface area contributed by atoms with Crippen molar-refractivity contribution >= 4 is 35.0 Å². The number of carbonyl (C=O) groups is 2. The number of hydrogen-bond acceptors (Lipinski definition) is 7. The van der Waals surface area contributed by atoms with Crippen LogP contribution >= 0.6 is 23.2 Å². The van der Waals surface area contributed by atoms with Crippen molar-refractivity contribution in [2.75, 3.05) is 20.2 Å². The molecule has 254 valence electrons. The van der Waals surface area contributed by atoms with Gasteiger partial charge in [-0.15, -0.1) is 0 Å². The lowest BCUT2D eigenvalue weighted by atomic mass is 9.86. The fourth-order valence-corrected chi connectivity index (χ4v) is 7.87. The first kappa shape index (κ1) is 33.5. The van der Waals surface area contributed by atoms with Crippen molar-refractivity contribution in [2.24, 2.45) is 0 Å². The van der Waals surface area contributed by atoms with E-state index >= 15 is 0 Å². The summed E-state index contributed by atoms with van der Waals surface area (Å²) in [6.07, 6.45) is 7.85. The minimum absolute atomic E-state index is 0.105. The van der Waals surface area contributed by atoms with Gasteiger partial charge in [0.1, 0.15) is 0 Å². The molecule has 2 aromatic carbocycles. The normalized spacial score (nSPS) is 20.2. The number of benzene rings is 2. The van der Waals surface area contributed by atoms with Crippen LogP contribution in [-0.4, -0.2) is 54.1 Å². The summed E-state index contributed by atoms with van der Waals surface area (Å²) in [6.45, 7) is 2.02. The average molecular weight is 700 g/mol. The van der Waals surface area contributed by atoms with E-state index in [0.29, 0.717) is 53.2 Å². The summed E-state index contributed by atoms with van der Waals surface area (Å²) in [6, 6.07) is 18.8. The van der Waals surface area contributed by atoms with Gasteiger partial charge in [-0.05, 0) is 61.4 Å². The predicted molar refractivity (Wildman–Crippen MR) is 193 cm³/mol. The summed E-state index contributed by atoms with van der Waals surface area (Å²) in [7, 11) is 1.61. The van der Waals surface area contributed by atoms with Gasteiger partial charge >= 0.3 is 0 Å². The number of aromatic nitrogens is 2.